The average Bonchev–Trinajstić information content (AvgIpc) is 2.67. The molecule has 0 bridgehead atoms. The molecule has 0 aliphatic heterocycles. The lowest BCUT2D eigenvalue weighted by molar-refractivity contribution is -0.386. The van der Waals surface area contributed by atoms with Gasteiger partial charge < -0.3 is 10.5 Å². The number of aryl methyl sites for hydroxylation is 1. The third-order valence-corrected chi connectivity index (χ3v) is 3.83. The summed E-state index contributed by atoms with van der Waals surface area (Å²) >= 11 is 0. The van der Waals surface area contributed by atoms with Crippen LogP contribution in [0, 0.1) is 10.1 Å². The standard InChI is InChI=1S/C17H19NO3.C4H11N/c1-2-3-7-14-10-11-17(16(12-14)18(19)20)21-13-15-8-5-4-6-9-15;1-2-3-4-5/h4-6,8-12H,2-3,7,13H2,1H3;2-5H2,1H3. The van der Waals surface area contributed by atoms with E-state index in [0.717, 1.165) is 36.9 Å². The summed E-state index contributed by atoms with van der Waals surface area (Å²) in [5.41, 5.74) is 7.15. The van der Waals surface area contributed by atoms with Gasteiger partial charge in [0.1, 0.15) is 6.61 Å². The quantitative estimate of drug-likeness (QED) is 0.490. The van der Waals surface area contributed by atoms with E-state index >= 15 is 0 Å². The number of nitrogens with two attached hydrogens (primary N) is 1. The lowest BCUT2D eigenvalue weighted by atomic mass is 10.1. The van der Waals surface area contributed by atoms with E-state index in [4.69, 9.17) is 10.5 Å². The van der Waals surface area contributed by atoms with E-state index in [1.165, 1.54) is 12.8 Å². The number of nitrogens with zero attached hydrogens (tertiary/aromatic N) is 1. The highest BCUT2D eigenvalue weighted by atomic mass is 16.6. The Morgan fingerprint density at radius 3 is 2.23 bits per heavy atom. The third-order valence-electron chi connectivity index (χ3n) is 3.83. The van der Waals surface area contributed by atoms with E-state index in [1.54, 1.807) is 12.1 Å². The van der Waals surface area contributed by atoms with Gasteiger partial charge in [0.25, 0.3) is 0 Å². The van der Waals surface area contributed by atoms with Crippen molar-refractivity contribution < 1.29 is 9.66 Å². The number of hydrogen-bond donors (Lipinski definition) is 1. The number of hydrogen-bond acceptors (Lipinski definition) is 4. The second kappa shape index (κ2) is 12.9. The number of unbranched alkanes of at least 4 members (excludes halogenated alkanes) is 2. The van der Waals surface area contributed by atoms with Gasteiger partial charge in [-0.25, -0.2) is 0 Å². The van der Waals surface area contributed by atoms with Crippen LogP contribution in [-0.2, 0) is 13.0 Å². The van der Waals surface area contributed by atoms with Crippen molar-refractivity contribution in [3.8, 4) is 5.75 Å². The van der Waals surface area contributed by atoms with Crippen molar-refractivity contribution in [2.75, 3.05) is 6.54 Å². The molecule has 0 unspecified atom stereocenters. The van der Waals surface area contributed by atoms with Crippen molar-refractivity contribution in [3.05, 3.63) is 69.8 Å². The van der Waals surface area contributed by atoms with Gasteiger partial charge in [-0.3, -0.25) is 10.1 Å². The molecule has 26 heavy (non-hydrogen) atoms. The van der Waals surface area contributed by atoms with Crippen LogP contribution in [0.15, 0.2) is 48.5 Å². The van der Waals surface area contributed by atoms with Crippen molar-refractivity contribution in [3.63, 3.8) is 0 Å². The molecular formula is C21H30N2O3. The number of nitro groups is 1. The first kappa shape index (κ1) is 21.6. The Labute approximate surface area is 156 Å². The van der Waals surface area contributed by atoms with Crippen LogP contribution in [0.1, 0.15) is 50.7 Å². The van der Waals surface area contributed by atoms with Gasteiger partial charge in [-0.05, 0) is 43.0 Å². The summed E-state index contributed by atoms with van der Waals surface area (Å²) < 4.78 is 5.60. The van der Waals surface area contributed by atoms with Gasteiger partial charge in [-0.2, -0.15) is 0 Å². The smallest absolute Gasteiger partial charge is 0.311 e. The van der Waals surface area contributed by atoms with Gasteiger partial charge >= 0.3 is 5.69 Å². The maximum atomic E-state index is 11.2. The zero-order chi connectivity index (χ0) is 19.2. The van der Waals surface area contributed by atoms with Gasteiger partial charge in [-0.1, -0.05) is 63.1 Å². The van der Waals surface area contributed by atoms with Crippen LogP contribution in [0.5, 0.6) is 5.75 Å². The number of ether oxygens (including phenoxy) is 1. The van der Waals surface area contributed by atoms with E-state index in [0.29, 0.717) is 12.4 Å². The van der Waals surface area contributed by atoms with E-state index in [-0.39, 0.29) is 10.6 Å². The molecule has 0 aromatic heterocycles. The second-order valence-electron chi connectivity index (χ2n) is 6.08. The van der Waals surface area contributed by atoms with Crippen LogP contribution < -0.4 is 10.5 Å². The Bertz CT molecular complexity index is 643. The predicted molar refractivity (Wildman–Crippen MR) is 106 cm³/mol. The molecule has 0 amide bonds. The molecule has 2 rings (SSSR count). The summed E-state index contributed by atoms with van der Waals surface area (Å²) in [6, 6.07) is 14.9. The normalized spacial score (nSPS) is 9.96. The summed E-state index contributed by atoms with van der Waals surface area (Å²) in [5.74, 6) is 0.323. The maximum absolute atomic E-state index is 11.2. The molecule has 0 aliphatic rings. The Morgan fingerprint density at radius 1 is 1.00 bits per heavy atom. The zero-order valence-corrected chi connectivity index (χ0v) is 15.8. The molecule has 0 fully saturated rings. The topological polar surface area (TPSA) is 78.4 Å². The van der Waals surface area contributed by atoms with Crippen molar-refractivity contribution in [2.24, 2.45) is 5.73 Å². The highest BCUT2D eigenvalue weighted by molar-refractivity contribution is 5.48. The fourth-order valence-corrected chi connectivity index (χ4v) is 2.30. The van der Waals surface area contributed by atoms with Crippen LogP contribution in [0.3, 0.4) is 0 Å². The van der Waals surface area contributed by atoms with Gasteiger partial charge in [-0.15, -0.1) is 0 Å². The third kappa shape index (κ3) is 8.12. The minimum absolute atomic E-state index is 0.0412. The monoisotopic (exact) mass is 358 g/mol. The fraction of sp³-hybridized carbons (Fsp3) is 0.429. The molecule has 0 atom stereocenters. The van der Waals surface area contributed by atoms with Crippen LogP contribution >= 0.6 is 0 Å². The Morgan fingerprint density at radius 2 is 1.69 bits per heavy atom. The molecule has 0 heterocycles. The van der Waals surface area contributed by atoms with Gasteiger partial charge in [0.15, 0.2) is 5.75 Å². The molecule has 0 radical (unpaired) electrons. The van der Waals surface area contributed by atoms with Crippen molar-refractivity contribution in [2.45, 2.75) is 52.6 Å². The Kier molecular flexibility index (Phi) is 10.7. The highest BCUT2D eigenvalue weighted by Crippen LogP contribution is 2.29. The van der Waals surface area contributed by atoms with E-state index < -0.39 is 0 Å². The first-order valence-corrected chi connectivity index (χ1v) is 9.26. The first-order valence-electron chi connectivity index (χ1n) is 9.26. The average molecular weight is 358 g/mol. The second-order valence-corrected chi connectivity index (χ2v) is 6.08. The molecule has 142 valence electrons. The summed E-state index contributed by atoms with van der Waals surface area (Å²) in [6.45, 7) is 5.41. The van der Waals surface area contributed by atoms with Crippen LogP contribution in [0.2, 0.25) is 0 Å². The molecule has 2 N–H and O–H groups in total. The SMILES string of the molecule is CCCCN.CCCCc1ccc(OCc2ccccc2)c([N+](=O)[O-])c1. The van der Waals surface area contributed by atoms with Crippen molar-refractivity contribution in [1.82, 2.24) is 0 Å². The van der Waals surface area contributed by atoms with Crippen LogP contribution in [-0.4, -0.2) is 11.5 Å². The summed E-state index contributed by atoms with van der Waals surface area (Å²) in [6.07, 6.45) is 5.34. The molecule has 5 nitrogen and oxygen atoms in total. The lowest BCUT2D eigenvalue weighted by Crippen LogP contribution is -2.00. The van der Waals surface area contributed by atoms with E-state index in [9.17, 15) is 10.1 Å². The predicted octanol–water partition coefficient (Wildman–Crippen LogP) is 5.26. The van der Waals surface area contributed by atoms with E-state index in [2.05, 4.69) is 13.8 Å². The molecule has 5 heteroatoms. The van der Waals surface area contributed by atoms with Crippen molar-refractivity contribution >= 4 is 5.69 Å². The fourth-order valence-electron chi connectivity index (χ4n) is 2.30. The molecule has 2 aromatic rings. The van der Waals surface area contributed by atoms with E-state index in [1.807, 2.05) is 36.4 Å². The number of rotatable bonds is 9. The molecule has 0 saturated heterocycles. The molecular weight excluding hydrogens is 328 g/mol. The molecule has 2 aromatic carbocycles. The minimum Gasteiger partial charge on any atom is -0.482 e. The lowest BCUT2D eigenvalue weighted by Gasteiger charge is -2.08. The molecule has 0 spiro atoms. The summed E-state index contributed by atoms with van der Waals surface area (Å²) in [7, 11) is 0. The molecule has 0 aliphatic carbocycles. The minimum atomic E-state index is -0.379. The number of nitro benzene ring substituents is 1. The first-order chi connectivity index (χ1) is 12.6. The largest absolute Gasteiger partial charge is 0.482 e. The Balaban J connectivity index is 0.000000597. The summed E-state index contributed by atoms with van der Waals surface area (Å²) in [4.78, 5) is 10.8. The van der Waals surface area contributed by atoms with Gasteiger partial charge in [0.05, 0.1) is 4.92 Å². The van der Waals surface area contributed by atoms with Crippen molar-refractivity contribution in [1.29, 1.82) is 0 Å². The maximum Gasteiger partial charge on any atom is 0.311 e. The van der Waals surface area contributed by atoms with Gasteiger partial charge in [0, 0.05) is 6.07 Å². The molecule has 0 saturated carbocycles. The highest BCUT2D eigenvalue weighted by Gasteiger charge is 2.16. The number of benzene rings is 2. The Hall–Kier alpha value is -2.40. The van der Waals surface area contributed by atoms with Gasteiger partial charge in [0.2, 0.25) is 0 Å². The summed E-state index contributed by atoms with van der Waals surface area (Å²) in [5, 5.41) is 11.2. The zero-order valence-electron chi connectivity index (χ0n) is 15.8. The van der Waals surface area contributed by atoms with Crippen LogP contribution in [0.25, 0.3) is 0 Å². The van der Waals surface area contributed by atoms with Crippen LogP contribution in [0.4, 0.5) is 5.69 Å².